The van der Waals surface area contributed by atoms with Crippen molar-refractivity contribution in [3.63, 3.8) is 0 Å². The zero-order valence-electron chi connectivity index (χ0n) is 12.7. The summed E-state index contributed by atoms with van der Waals surface area (Å²) in [6, 6.07) is 7.76. The topological polar surface area (TPSA) is 67.6 Å². The highest BCUT2D eigenvalue weighted by molar-refractivity contribution is 5.93. The summed E-state index contributed by atoms with van der Waals surface area (Å²) in [7, 11) is 0. The molecule has 3 N–H and O–H groups in total. The predicted molar refractivity (Wildman–Crippen MR) is 83.1 cm³/mol. The van der Waals surface area contributed by atoms with E-state index in [1.807, 2.05) is 0 Å². The van der Waals surface area contributed by atoms with Gasteiger partial charge in [0.15, 0.2) is 0 Å². The third-order valence-corrected chi connectivity index (χ3v) is 4.14. The Labute approximate surface area is 126 Å². The molecule has 1 saturated carbocycles. The molecule has 0 saturated heterocycles. The van der Waals surface area contributed by atoms with Gasteiger partial charge in [-0.3, -0.25) is 15.1 Å². The Morgan fingerprint density at radius 1 is 1.33 bits per heavy atom. The van der Waals surface area contributed by atoms with E-state index in [0.717, 1.165) is 24.9 Å². The number of nitrogen functional groups attached to an aromatic ring is 1. The Morgan fingerprint density at radius 3 is 2.57 bits per heavy atom. The third kappa shape index (κ3) is 4.44. The van der Waals surface area contributed by atoms with Gasteiger partial charge in [-0.15, -0.1) is 0 Å². The second-order valence-corrected chi connectivity index (χ2v) is 5.41. The van der Waals surface area contributed by atoms with Crippen molar-refractivity contribution in [2.24, 2.45) is 5.84 Å². The summed E-state index contributed by atoms with van der Waals surface area (Å²) in [4.78, 5) is 13.8. The quantitative estimate of drug-likeness (QED) is 0.457. The van der Waals surface area contributed by atoms with Crippen molar-refractivity contribution in [1.29, 1.82) is 0 Å². The SMILES string of the molecule is CCN(CCOc1ccc(C(=O)NN)cc1)C1CCCC1. The molecule has 5 heteroatoms. The molecule has 5 nitrogen and oxygen atoms in total. The van der Waals surface area contributed by atoms with Crippen LogP contribution < -0.4 is 16.0 Å². The van der Waals surface area contributed by atoms with Crippen molar-refractivity contribution in [1.82, 2.24) is 10.3 Å². The van der Waals surface area contributed by atoms with Gasteiger partial charge in [0.25, 0.3) is 5.91 Å². The zero-order chi connectivity index (χ0) is 15.1. The first kappa shape index (κ1) is 15.8. The first-order chi connectivity index (χ1) is 10.2. The van der Waals surface area contributed by atoms with Gasteiger partial charge in [-0.05, 0) is 43.7 Å². The summed E-state index contributed by atoms with van der Waals surface area (Å²) in [5.74, 6) is 5.59. The van der Waals surface area contributed by atoms with Gasteiger partial charge in [0.05, 0.1) is 0 Å². The number of nitrogens with one attached hydrogen (secondary N) is 1. The molecule has 1 amide bonds. The van der Waals surface area contributed by atoms with E-state index in [0.29, 0.717) is 12.2 Å². The summed E-state index contributed by atoms with van der Waals surface area (Å²) in [5.41, 5.74) is 2.64. The molecule has 0 atom stereocenters. The minimum absolute atomic E-state index is 0.292. The van der Waals surface area contributed by atoms with E-state index in [-0.39, 0.29) is 5.91 Å². The first-order valence-corrected chi connectivity index (χ1v) is 7.72. The van der Waals surface area contributed by atoms with Gasteiger partial charge in [0.2, 0.25) is 0 Å². The van der Waals surface area contributed by atoms with Crippen molar-refractivity contribution in [3.8, 4) is 5.75 Å². The fraction of sp³-hybridized carbons (Fsp3) is 0.562. The lowest BCUT2D eigenvalue weighted by Crippen LogP contribution is -2.36. The molecule has 0 heterocycles. The fourth-order valence-electron chi connectivity index (χ4n) is 2.93. The molecule has 2 rings (SSSR count). The number of carbonyl (C=O) groups excluding carboxylic acids is 1. The van der Waals surface area contributed by atoms with Gasteiger partial charge in [-0.25, -0.2) is 5.84 Å². The van der Waals surface area contributed by atoms with Gasteiger partial charge >= 0.3 is 0 Å². The number of amides is 1. The molecule has 1 aliphatic rings. The van der Waals surface area contributed by atoms with Crippen LogP contribution in [0.25, 0.3) is 0 Å². The predicted octanol–water partition coefficient (Wildman–Crippen LogP) is 1.93. The van der Waals surface area contributed by atoms with Crippen LogP contribution in [0.2, 0.25) is 0 Å². The number of carbonyl (C=O) groups is 1. The summed E-state index contributed by atoms with van der Waals surface area (Å²) >= 11 is 0. The Balaban J connectivity index is 1.78. The van der Waals surface area contributed by atoms with Crippen LogP contribution in [0.3, 0.4) is 0 Å². The van der Waals surface area contributed by atoms with Gasteiger partial charge in [0.1, 0.15) is 12.4 Å². The third-order valence-electron chi connectivity index (χ3n) is 4.14. The maximum Gasteiger partial charge on any atom is 0.265 e. The van der Waals surface area contributed by atoms with E-state index in [4.69, 9.17) is 10.6 Å². The molecule has 0 bridgehead atoms. The molecule has 21 heavy (non-hydrogen) atoms. The van der Waals surface area contributed by atoms with E-state index in [1.54, 1.807) is 24.3 Å². The number of hydrogen-bond donors (Lipinski definition) is 2. The molecule has 0 aliphatic heterocycles. The lowest BCUT2D eigenvalue weighted by molar-refractivity contribution is 0.0953. The van der Waals surface area contributed by atoms with Crippen LogP contribution in [0.4, 0.5) is 0 Å². The molecule has 1 fully saturated rings. The molecule has 1 aromatic rings. The highest BCUT2D eigenvalue weighted by atomic mass is 16.5. The summed E-state index contributed by atoms with van der Waals surface area (Å²) in [6.45, 7) is 4.90. The number of hydrogen-bond acceptors (Lipinski definition) is 4. The normalized spacial score (nSPS) is 15.4. The molecule has 0 aromatic heterocycles. The fourth-order valence-corrected chi connectivity index (χ4v) is 2.93. The molecular formula is C16H25N3O2. The number of benzene rings is 1. The van der Waals surface area contributed by atoms with Crippen LogP contribution in [-0.4, -0.2) is 36.5 Å². The van der Waals surface area contributed by atoms with Crippen LogP contribution in [0.5, 0.6) is 5.75 Å². The number of hydrazine groups is 1. The van der Waals surface area contributed by atoms with Crippen LogP contribution in [-0.2, 0) is 0 Å². The van der Waals surface area contributed by atoms with Crippen LogP contribution in [0, 0.1) is 0 Å². The van der Waals surface area contributed by atoms with Crippen LogP contribution in [0.1, 0.15) is 43.0 Å². The second kappa shape index (κ2) is 8.00. The van der Waals surface area contributed by atoms with Crippen LogP contribution >= 0.6 is 0 Å². The van der Waals surface area contributed by atoms with Crippen molar-refractivity contribution < 1.29 is 9.53 Å². The largest absolute Gasteiger partial charge is 0.492 e. The lowest BCUT2D eigenvalue weighted by atomic mass is 10.2. The van der Waals surface area contributed by atoms with Gasteiger partial charge in [0, 0.05) is 18.2 Å². The van der Waals surface area contributed by atoms with E-state index < -0.39 is 0 Å². The summed E-state index contributed by atoms with van der Waals surface area (Å²) < 4.78 is 5.76. The standard InChI is InChI=1S/C16H25N3O2/c1-2-19(14-5-3-4-6-14)11-12-21-15-9-7-13(8-10-15)16(20)18-17/h7-10,14H,2-6,11-12,17H2,1H3,(H,18,20). The summed E-state index contributed by atoms with van der Waals surface area (Å²) in [6.07, 6.45) is 5.34. The van der Waals surface area contributed by atoms with Crippen molar-refractivity contribution >= 4 is 5.91 Å². The van der Waals surface area contributed by atoms with Crippen LogP contribution in [0.15, 0.2) is 24.3 Å². The summed E-state index contributed by atoms with van der Waals surface area (Å²) in [5, 5.41) is 0. The number of nitrogens with zero attached hydrogens (tertiary/aromatic N) is 1. The smallest absolute Gasteiger partial charge is 0.265 e. The Hall–Kier alpha value is -1.59. The number of ether oxygens (including phenoxy) is 1. The van der Waals surface area contributed by atoms with E-state index in [1.165, 1.54) is 25.7 Å². The highest BCUT2D eigenvalue weighted by Crippen LogP contribution is 2.23. The maximum absolute atomic E-state index is 11.3. The molecule has 0 radical (unpaired) electrons. The molecule has 116 valence electrons. The molecule has 1 aromatic carbocycles. The van der Waals surface area contributed by atoms with Gasteiger partial charge in [-0.2, -0.15) is 0 Å². The highest BCUT2D eigenvalue weighted by Gasteiger charge is 2.20. The average Bonchev–Trinajstić information content (AvgIpc) is 3.05. The Morgan fingerprint density at radius 2 is 2.00 bits per heavy atom. The molecule has 1 aliphatic carbocycles. The van der Waals surface area contributed by atoms with Crippen molar-refractivity contribution in [2.75, 3.05) is 19.7 Å². The molecule has 0 spiro atoms. The van der Waals surface area contributed by atoms with E-state index in [2.05, 4.69) is 17.2 Å². The maximum atomic E-state index is 11.3. The average molecular weight is 291 g/mol. The first-order valence-electron chi connectivity index (χ1n) is 7.72. The Bertz CT molecular complexity index is 441. The monoisotopic (exact) mass is 291 g/mol. The second-order valence-electron chi connectivity index (χ2n) is 5.41. The number of likely N-dealkylation sites (N-methyl/N-ethyl adjacent to an activating group) is 1. The van der Waals surface area contributed by atoms with E-state index >= 15 is 0 Å². The van der Waals surface area contributed by atoms with Gasteiger partial charge < -0.3 is 4.74 Å². The zero-order valence-corrected chi connectivity index (χ0v) is 12.7. The van der Waals surface area contributed by atoms with Gasteiger partial charge in [-0.1, -0.05) is 19.8 Å². The molecule has 0 unspecified atom stereocenters. The van der Waals surface area contributed by atoms with E-state index in [9.17, 15) is 4.79 Å². The molecular weight excluding hydrogens is 266 g/mol. The van der Waals surface area contributed by atoms with Crippen molar-refractivity contribution in [3.05, 3.63) is 29.8 Å². The minimum atomic E-state index is -0.292. The number of nitrogens with two attached hydrogens (primary N) is 1. The lowest BCUT2D eigenvalue weighted by Gasteiger charge is -2.27. The minimum Gasteiger partial charge on any atom is -0.492 e. The van der Waals surface area contributed by atoms with Crippen molar-refractivity contribution in [2.45, 2.75) is 38.6 Å². The number of rotatable bonds is 7. The Kier molecular flexibility index (Phi) is 6.02.